The van der Waals surface area contributed by atoms with Gasteiger partial charge in [0.25, 0.3) is 0 Å². The van der Waals surface area contributed by atoms with E-state index in [2.05, 4.69) is 17.1 Å². The van der Waals surface area contributed by atoms with Crippen molar-refractivity contribution in [3.63, 3.8) is 0 Å². The van der Waals surface area contributed by atoms with Gasteiger partial charge in [-0.3, -0.25) is 9.59 Å². The summed E-state index contributed by atoms with van der Waals surface area (Å²) in [5, 5.41) is -0.142. The molecule has 0 bridgehead atoms. The molecule has 1 saturated heterocycles. The first kappa shape index (κ1) is 14.0. The summed E-state index contributed by atoms with van der Waals surface area (Å²) in [6.45, 7) is 1.63. The lowest BCUT2D eigenvalue weighted by atomic mass is 9.74. The molecule has 3 nitrogen and oxygen atoms in total. The summed E-state index contributed by atoms with van der Waals surface area (Å²) in [5.74, 6) is 0.260. The molecule has 2 aliphatic heterocycles. The third kappa shape index (κ3) is 1.88. The van der Waals surface area contributed by atoms with Gasteiger partial charge in [0.2, 0.25) is 0 Å². The molecule has 4 rings (SSSR count). The predicted octanol–water partition coefficient (Wildman–Crippen LogP) is 3.06. The molecule has 0 N–H and O–H groups in total. The number of anilines is 1. The molecule has 2 fully saturated rings. The van der Waals surface area contributed by atoms with E-state index in [1.54, 1.807) is 6.92 Å². The smallest absolute Gasteiger partial charge is 0.152 e. The normalized spacial score (nSPS) is 35.8. The molecular weight excluding hydrogens is 298 g/mol. The molecule has 1 aromatic rings. The van der Waals surface area contributed by atoms with Crippen molar-refractivity contribution in [3.05, 3.63) is 35.9 Å². The van der Waals surface area contributed by atoms with Crippen LogP contribution in [0.25, 0.3) is 6.08 Å². The third-order valence-corrected chi connectivity index (χ3v) is 5.61. The third-order valence-electron chi connectivity index (χ3n) is 5.28. The molecule has 0 radical (unpaired) electrons. The van der Waals surface area contributed by atoms with E-state index in [0.717, 1.165) is 17.7 Å². The van der Waals surface area contributed by atoms with Gasteiger partial charge in [-0.1, -0.05) is 30.4 Å². The van der Waals surface area contributed by atoms with Gasteiger partial charge in [-0.25, -0.2) is 0 Å². The first-order valence-electron chi connectivity index (χ1n) is 7.80. The van der Waals surface area contributed by atoms with Gasteiger partial charge in [0, 0.05) is 23.4 Å². The molecule has 1 saturated carbocycles. The maximum atomic E-state index is 12.6. The van der Waals surface area contributed by atoms with Crippen LogP contribution in [0.4, 0.5) is 5.69 Å². The van der Waals surface area contributed by atoms with Crippen LogP contribution in [0.2, 0.25) is 0 Å². The molecular formula is C18H18ClNO2. The summed E-state index contributed by atoms with van der Waals surface area (Å²) in [4.78, 5) is 27.1. The van der Waals surface area contributed by atoms with Crippen LogP contribution >= 0.6 is 11.6 Å². The van der Waals surface area contributed by atoms with Crippen LogP contribution in [0.3, 0.4) is 0 Å². The number of carbonyl (C=O) groups is 2. The fraction of sp³-hybridized carbons (Fsp3) is 0.444. The highest BCUT2D eigenvalue weighted by atomic mass is 35.5. The van der Waals surface area contributed by atoms with E-state index >= 15 is 0 Å². The molecule has 5 unspecified atom stereocenters. The highest BCUT2D eigenvalue weighted by Gasteiger charge is 2.55. The molecule has 3 aliphatic rings. The Morgan fingerprint density at radius 2 is 2.09 bits per heavy atom. The number of carbonyl (C=O) groups excluding carboxylic acids is 2. The van der Waals surface area contributed by atoms with Crippen molar-refractivity contribution in [1.82, 2.24) is 0 Å². The van der Waals surface area contributed by atoms with Gasteiger partial charge in [0.1, 0.15) is 5.78 Å². The Balaban J connectivity index is 1.86. The minimum absolute atomic E-state index is 0.00883. The molecule has 1 aliphatic carbocycles. The van der Waals surface area contributed by atoms with E-state index in [1.165, 1.54) is 0 Å². The number of hydrogen-bond donors (Lipinski definition) is 0. The van der Waals surface area contributed by atoms with E-state index in [9.17, 15) is 9.59 Å². The van der Waals surface area contributed by atoms with Gasteiger partial charge < -0.3 is 4.90 Å². The SMILES string of the molecule is CC(=O)C1C2CC(Cl)CC(=O)C2C2C=Cc3ccccc3N21. The number of ketones is 2. The zero-order chi connectivity index (χ0) is 15.4. The second-order valence-corrected chi connectivity index (χ2v) is 7.18. The van der Waals surface area contributed by atoms with E-state index in [0.29, 0.717) is 6.42 Å². The van der Waals surface area contributed by atoms with Crippen LogP contribution in [0, 0.1) is 11.8 Å². The molecule has 0 spiro atoms. The Labute approximate surface area is 134 Å². The Bertz CT molecular complexity index is 683. The van der Waals surface area contributed by atoms with Crippen molar-refractivity contribution < 1.29 is 9.59 Å². The summed E-state index contributed by atoms with van der Waals surface area (Å²) < 4.78 is 0. The summed E-state index contributed by atoms with van der Waals surface area (Å²) in [6.07, 6.45) is 5.34. The van der Waals surface area contributed by atoms with E-state index in [-0.39, 0.29) is 40.9 Å². The van der Waals surface area contributed by atoms with Crippen LogP contribution in [-0.4, -0.2) is 29.0 Å². The second-order valence-electron chi connectivity index (χ2n) is 6.56. The number of benzene rings is 1. The number of fused-ring (bicyclic) bond motifs is 5. The topological polar surface area (TPSA) is 37.4 Å². The highest BCUT2D eigenvalue weighted by molar-refractivity contribution is 6.22. The van der Waals surface area contributed by atoms with Crippen LogP contribution in [0.1, 0.15) is 25.3 Å². The van der Waals surface area contributed by atoms with Gasteiger partial charge in [-0.15, -0.1) is 11.6 Å². The van der Waals surface area contributed by atoms with Gasteiger partial charge in [0.05, 0.1) is 12.1 Å². The predicted molar refractivity (Wildman–Crippen MR) is 87.1 cm³/mol. The molecule has 5 atom stereocenters. The van der Waals surface area contributed by atoms with Crippen LogP contribution in [0.15, 0.2) is 30.3 Å². The number of rotatable bonds is 1. The maximum absolute atomic E-state index is 12.6. The monoisotopic (exact) mass is 315 g/mol. The van der Waals surface area contributed by atoms with Crippen LogP contribution in [0.5, 0.6) is 0 Å². The number of nitrogens with zero attached hydrogens (tertiary/aromatic N) is 1. The summed E-state index contributed by atoms with van der Waals surface area (Å²) in [7, 11) is 0. The van der Waals surface area contributed by atoms with Crippen molar-refractivity contribution in [1.29, 1.82) is 0 Å². The molecule has 114 valence electrons. The lowest BCUT2D eigenvalue weighted by Crippen LogP contribution is -2.43. The van der Waals surface area contributed by atoms with Gasteiger partial charge in [-0.2, -0.15) is 0 Å². The minimum Gasteiger partial charge on any atom is -0.354 e. The summed E-state index contributed by atoms with van der Waals surface area (Å²) in [6, 6.07) is 7.82. The zero-order valence-corrected chi connectivity index (χ0v) is 13.2. The molecule has 0 aromatic heterocycles. The minimum atomic E-state index is -0.244. The number of Topliss-reactive ketones (excluding diaryl/α,β-unsaturated/α-hetero) is 2. The first-order chi connectivity index (χ1) is 10.6. The fourth-order valence-corrected chi connectivity index (χ4v) is 4.90. The average Bonchev–Trinajstić information content (AvgIpc) is 2.81. The fourth-order valence-electron chi connectivity index (χ4n) is 4.54. The molecule has 4 heteroatoms. The second kappa shape index (κ2) is 4.95. The number of alkyl halides is 1. The molecule has 0 amide bonds. The highest BCUT2D eigenvalue weighted by Crippen LogP contribution is 2.49. The number of para-hydroxylation sites is 1. The van der Waals surface area contributed by atoms with Crippen molar-refractivity contribution >= 4 is 34.9 Å². The van der Waals surface area contributed by atoms with Gasteiger partial charge in [0.15, 0.2) is 5.78 Å². The van der Waals surface area contributed by atoms with Crippen molar-refractivity contribution in [2.75, 3.05) is 4.90 Å². The average molecular weight is 316 g/mol. The lowest BCUT2D eigenvalue weighted by molar-refractivity contribution is -0.126. The van der Waals surface area contributed by atoms with Crippen LogP contribution < -0.4 is 4.90 Å². The molecule has 22 heavy (non-hydrogen) atoms. The van der Waals surface area contributed by atoms with E-state index in [1.807, 2.05) is 24.3 Å². The van der Waals surface area contributed by atoms with E-state index in [4.69, 9.17) is 11.6 Å². The zero-order valence-electron chi connectivity index (χ0n) is 12.4. The Kier molecular flexibility index (Phi) is 3.15. The maximum Gasteiger partial charge on any atom is 0.152 e. The standard InChI is InChI=1S/C18H18ClNO2/c1-10(21)18-13-8-12(19)9-16(22)17(13)15-7-6-11-4-2-3-5-14(11)20(15)18/h2-7,12-13,15,17-18H,8-9H2,1H3. The van der Waals surface area contributed by atoms with Crippen molar-refractivity contribution in [2.45, 2.75) is 37.2 Å². The lowest BCUT2D eigenvalue weighted by Gasteiger charge is -2.34. The number of hydrogen-bond acceptors (Lipinski definition) is 3. The van der Waals surface area contributed by atoms with Gasteiger partial charge in [-0.05, 0) is 30.9 Å². The quantitative estimate of drug-likeness (QED) is 0.747. The summed E-state index contributed by atoms with van der Waals surface area (Å²) >= 11 is 6.28. The number of halogens is 1. The molecule has 2 heterocycles. The molecule has 1 aromatic carbocycles. The van der Waals surface area contributed by atoms with Gasteiger partial charge >= 0.3 is 0 Å². The largest absolute Gasteiger partial charge is 0.354 e. The Hall–Kier alpha value is -1.61. The Morgan fingerprint density at radius 1 is 1.32 bits per heavy atom. The van der Waals surface area contributed by atoms with Crippen molar-refractivity contribution in [3.8, 4) is 0 Å². The first-order valence-corrected chi connectivity index (χ1v) is 8.24. The Morgan fingerprint density at radius 3 is 2.86 bits per heavy atom. The van der Waals surface area contributed by atoms with E-state index < -0.39 is 0 Å². The van der Waals surface area contributed by atoms with Crippen LogP contribution in [-0.2, 0) is 9.59 Å². The summed E-state index contributed by atoms with van der Waals surface area (Å²) in [5.41, 5.74) is 2.17. The van der Waals surface area contributed by atoms with Crippen molar-refractivity contribution in [2.24, 2.45) is 11.8 Å².